The van der Waals surface area contributed by atoms with Crippen LogP contribution in [0.25, 0.3) is 0 Å². The number of morpholine rings is 1. The number of rotatable bonds is 13. The Labute approximate surface area is 306 Å². The number of hydrogen-bond acceptors (Lipinski definition) is 8. The Bertz CT molecular complexity index is 1720. The van der Waals surface area contributed by atoms with E-state index in [0.29, 0.717) is 89.5 Å². The van der Waals surface area contributed by atoms with Crippen LogP contribution >= 0.6 is 0 Å². The summed E-state index contributed by atoms with van der Waals surface area (Å²) in [7, 11) is 1.89. The molecular formula is C40H51N7O5. The molecule has 0 saturated carbocycles. The Kier molecular flexibility index (Phi) is 12.3. The number of hydrogen-bond donors (Lipinski definition) is 3. The Morgan fingerprint density at radius 1 is 0.904 bits per heavy atom. The van der Waals surface area contributed by atoms with Crippen LogP contribution in [0.1, 0.15) is 48.4 Å². The van der Waals surface area contributed by atoms with Crippen LogP contribution in [0.2, 0.25) is 0 Å². The number of carbonyl (C=O) groups excluding carboxylic acids is 4. The number of aromatic nitrogens is 1. The van der Waals surface area contributed by atoms with Gasteiger partial charge in [0.25, 0.3) is 0 Å². The summed E-state index contributed by atoms with van der Waals surface area (Å²) in [5, 5.41) is 9.15. The van der Waals surface area contributed by atoms with Gasteiger partial charge in [0.2, 0.25) is 23.6 Å². The van der Waals surface area contributed by atoms with Crippen LogP contribution in [0, 0.1) is 11.3 Å². The molecule has 3 heterocycles. The van der Waals surface area contributed by atoms with E-state index in [4.69, 9.17) is 4.74 Å². The summed E-state index contributed by atoms with van der Waals surface area (Å²) < 4.78 is 5.43. The second-order valence-electron chi connectivity index (χ2n) is 14.2. The number of amides is 4. The highest BCUT2D eigenvalue weighted by Gasteiger charge is 2.43. The fraction of sp³-hybridized carbons (Fsp3) is 0.475. The first-order chi connectivity index (χ1) is 25.3. The molecule has 4 amide bonds. The highest BCUT2D eigenvalue weighted by atomic mass is 16.5. The second-order valence-corrected chi connectivity index (χ2v) is 14.2. The fourth-order valence-electron chi connectivity index (χ4n) is 7.69. The van der Waals surface area contributed by atoms with Crippen molar-refractivity contribution in [2.24, 2.45) is 11.3 Å². The first-order valence-corrected chi connectivity index (χ1v) is 18.5. The predicted octanol–water partition coefficient (Wildman–Crippen LogP) is 3.47. The van der Waals surface area contributed by atoms with Gasteiger partial charge in [-0.2, -0.15) is 0 Å². The van der Waals surface area contributed by atoms with Gasteiger partial charge in [0.05, 0.1) is 25.2 Å². The van der Waals surface area contributed by atoms with Crippen molar-refractivity contribution < 1.29 is 23.9 Å². The molecule has 3 aromatic rings. The molecule has 6 rings (SSSR count). The number of likely N-dealkylation sites (tertiary alicyclic amines) is 1. The van der Waals surface area contributed by atoms with Gasteiger partial charge in [-0.15, -0.1) is 0 Å². The van der Waals surface area contributed by atoms with E-state index in [2.05, 4.69) is 25.8 Å². The minimum atomic E-state index is -0.674. The molecule has 2 fully saturated rings. The SMILES string of the molecule is CCC1(C(=O)N(CC(=O)Nc2ccc3c(c2)C[C@H](C(=O)Nc2ccccn2)C3)Cc2ccccc2CNC)CCN(C(=O)CN2CCOCC2)CC1. The maximum absolute atomic E-state index is 14.7. The number of piperidine rings is 1. The topological polar surface area (TPSA) is 136 Å². The maximum atomic E-state index is 14.7. The lowest BCUT2D eigenvalue weighted by Crippen LogP contribution is -2.53. The number of benzene rings is 2. The van der Waals surface area contributed by atoms with E-state index in [9.17, 15) is 19.2 Å². The first kappa shape index (κ1) is 37.1. The average molecular weight is 710 g/mol. The van der Waals surface area contributed by atoms with Gasteiger partial charge in [0.15, 0.2) is 0 Å². The van der Waals surface area contributed by atoms with Crippen LogP contribution < -0.4 is 16.0 Å². The average Bonchev–Trinajstić information content (AvgIpc) is 3.60. The molecule has 2 saturated heterocycles. The molecule has 1 atom stereocenters. The van der Waals surface area contributed by atoms with Gasteiger partial charge in [0.1, 0.15) is 12.4 Å². The predicted molar refractivity (Wildman–Crippen MR) is 199 cm³/mol. The van der Waals surface area contributed by atoms with Gasteiger partial charge in [0, 0.05) is 57.1 Å². The molecule has 2 aliphatic heterocycles. The van der Waals surface area contributed by atoms with Crippen molar-refractivity contribution in [1.29, 1.82) is 0 Å². The summed E-state index contributed by atoms with van der Waals surface area (Å²) in [6.45, 7) is 7.02. The van der Waals surface area contributed by atoms with E-state index < -0.39 is 5.41 Å². The lowest BCUT2D eigenvalue weighted by Gasteiger charge is -2.43. The van der Waals surface area contributed by atoms with E-state index in [1.807, 2.05) is 67.4 Å². The second kappa shape index (κ2) is 17.2. The highest BCUT2D eigenvalue weighted by molar-refractivity contribution is 5.96. The number of anilines is 2. The quantitative estimate of drug-likeness (QED) is 0.246. The summed E-state index contributed by atoms with van der Waals surface area (Å²) in [5.74, 6) is -0.0282. The molecule has 52 heavy (non-hydrogen) atoms. The summed E-state index contributed by atoms with van der Waals surface area (Å²) in [4.78, 5) is 64.5. The normalized spacial score (nSPS) is 18.3. The van der Waals surface area contributed by atoms with Crippen LogP contribution in [0.4, 0.5) is 11.5 Å². The van der Waals surface area contributed by atoms with Gasteiger partial charge in [-0.1, -0.05) is 43.3 Å². The molecule has 3 N–H and O–H groups in total. The summed E-state index contributed by atoms with van der Waals surface area (Å²) in [5.41, 5.74) is 4.11. The molecule has 12 heteroatoms. The Hall–Kier alpha value is -4.65. The van der Waals surface area contributed by atoms with Crippen molar-refractivity contribution >= 4 is 35.1 Å². The molecule has 0 bridgehead atoms. The first-order valence-electron chi connectivity index (χ1n) is 18.5. The van der Waals surface area contributed by atoms with Crippen molar-refractivity contribution in [3.63, 3.8) is 0 Å². The Morgan fingerprint density at radius 3 is 2.35 bits per heavy atom. The van der Waals surface area contributed by atoms with Crippen molar-refractivity contribution in [2.45, 2.75) is 52.1 Å². The molecule has 0 radical (unpaired) electrons. The van der Waals surface area contributed by atoms with Crippen LogP contribution in [0.5, 0.6) is 0 Å². The molecule has 0 unspecified atom stereocenters. The Morgan fingerprint density at radius 2 is 1.63 bits per heavy atom. The lowest BCUT2D eigenvalue weighted by atomic mass is 9.74. The number of carbonyl (C=O) groups is 4. The van der Waals surface area contributed by atoms with Crippen molar-refractivity contribution in [1.82, 2.24) is 25.0 Å². The summed E-state index contributed by atoms with van der Waals surface area (Å²) in [6, 6.07) is 19.2. The van der Waals surface area contributed by atoms with Crippen LogP contribution in [0.3, 0.4) is 0 Å². The minimum absolute atomic E-state index is 0.0552. The Balaban J connectivity index is 1.13. The molecule has 0 spiro atoms. The molecule has 3 aliphatic rings. The van der Waals surface area contributed by atoms with Crippen molar-refractivity contribution in [2.75, 3.05) is 70.2 Å². The van der Waals surface area contributed by atoms with E-state index >= 15 is 0 Å². The number of pyridine rings is 1. The van der Waals surface area contributed by atoms with Gasteiger partial charge in [-0.3, -0.25) is 24.1 Å². The molecule has 2 aromatic carbocycles. The third-order valence-electron chi connectivity index (χ3n) is 10.8. The van der Waals surface area contributed by atoms with Gasteiger partial charge in [-0.05, 0) is 85.7 Å². The van der Waals surface area contributed by atoms with Crippen LogP contribution in [-0.4, -0.2) is 103 Å². The highest BCUT2D eigenvalue weighted by Crippen LogP contribution is 2.38. The zero-order valence-corrected chi connectivity index (χ0v) is 30.4. The van der Waals surface area contributed by atoms with Gasteiger partial charge in [-0.25, -0.2) is 4.98 Å². The minimum Gasteiger partial charge on any atom is -0.379 e. The molecule has 12 nitrogen and oxygen atoms in total. The van der Waals surface area contributed by atoms with E-state index in [0.717, 1.165) is 35.3 Å². The zero-order chi connectivity index (χ0) is 36.5. The largest absolute Gasteiger partial charge is 0.379 e. The molecular weight excluding hydrogens is 658 g/mol. The maximum Gasteiger partial charge on any atom is 0.244 e. The van der Waals surface area contributed by atoms with Crippen LogP contribution in [-0.2, 0) is 49.8 Å². The monoisotopic (exact) mass is 709 g/mol. The third kappa shape index (κ3) is 9.04. The molecule has 1 aromatic heterocycles. The number of ether oxygens (including phenoxy) is 1. The number of fused-ring (bicyclic) bond motifs is 1. The van der Waals surface area contributed by atoms with E-state index in [1.54, 1.807) is 23.2 Å². The number of nitrogens with one attached hydrogen (secondary N) is 3. The molecule has 276 valence electrons. The van der Waals surface area contributed by atoms with E-state index in [1.165, 1.54) is 0 Å². The lowest BCUT2D eigenvalue weighted by molar-refractivity contribution is -0.151. The van der Waals surface area contributed by atoms with Crippen molar-refractivity contribution in [3.05, 3.63) is 89.1 Å². The zero-order valence-electron chi connectivity index (χ0n) is 30.4. The van der Waals surface area contributed by atoms with Gasteiger partial charge >= 0.3 is 0 Å². The third-order valence-corrected chi connectivity index (χ3v) is 10.8. The summed E-state index contributed by atoms with van der Waals surface area (Å²) >= 11 is 0. The van der Waals surface area contributed by atoms with E-state index in [-0.39, 0.29) is 36.1 Å². The summed E-state index contributed by atoms with van der Waals surface area (Å²) in [6.07, 6.45) is 4.54. The molecule has 1 aliphatic carbocycles. The van der Waals surface area contributed by atoms with Gasteiger partial charge < -0.3 is 30.5 Å². The van der Waals surface area contributed by atoms with Crippen molar-refractivity contribution in [3.8, 4) is 0 Å². The number of nitrogens with zero attached hydrogens (tertiary/aromatic N) is 4. The smallest absolute Gasteiger partial charge is 0.244 e. The standard InChI is InChI=1S/C40H51N7O5/c1-3-40(13-16-46(17-14-40)37(49)28-45-18-20-52-21-19-45)39(51)47(26-31-9-5-4-8-30(31)25-41-2)27-36(48)43-34-12-11-29-22-33(23-32(29)24-34)38(50)44-35-10-6-7-15-42-35/h4-12,15,24,33,41H,3,13-14,16-23,25-28H2,1-2H3,(H,43,48)(H,42,44,50)/t33-/m1/s1. The fourth-order valence-corrected chi connectivity index (χ4v) is 7.69. The van der Waals surface area contributed by atoms with Crippen LogP contribution in [0.15, 0.2) is 66.9 Å².